The molecule has 0 bridgehead atoms. The fourth-order valence-corrected chi connectivity index (χ4v) is 0.942. The van der Waals surface area contributed by atoms with Gasteiger partial charge in [-0.2, -0.15) is 0 Å². The van der Waals surface area contributed by atoms with Crippen LogP contribution in [0.3, 0.4) is 0 Å². The van der Waals surface area contributed by atoms with Crippen molar-refractivity contribution in [2.75, 3.05) is 0 Å². The van der Waals surface area contributed by atoms with Gasteiger partial charge in [-0.15, -0.1) is 0 Å². The lowest BCUT2D eigenvalue weighted by Crippen LogP contribution is -2.10. The highest BCUT2D eigenvalue weighted by Gasteiger charge is 2.14. The van der Waals surface area contributed by atoms with Crippen molar-refractivity contribution in [3.8, 4) is 0 Å². The Morgan fingerprint density at radius 1 is 1.33 bits per heavy atom. The minimum absolute atomic E-state index is 0.173. The van der Waals surface area contributed by atoms with Crippen molar-refractivity contribution < 1.29 is 0 Å². The van der Waals surface area contributed by atoms with Gasteiger partial charge in [-0.05, 0) is 30.1 Å². The molecule has 0 radical (unpaired) electrons. The van der Waals surface area contributed by atoms with Gasteiger partial charge in [0.15, 0.2) is 0 Å². The second kappa shape index (κ2) is 3.12. The summed E-state index contributed by atoms with van der Waals surface area (Å²) in [5, 5.41) is 0. The van der Waals surface area contributed by atoms with Gasteiger partial charge >= 0.3 is 0 Å². The van der Waals surface area contributed by atoms with Crippen LogP contribution >= 0.6 is 0 Å². The summed E-state index contributed by atoms with van der Waals surface area (Å²) in [6.07, 6.45) is 5.93. The molecule has 0 atom stereocenters. The van der Waals surface area contributed by atoms with E-state index in [0.717, 1.165) is 5.70 Å². The van der Waals surface area contributed by atoms with Crippen LogP contribution in [0.5, 0.6) is 0 Å². The molecule has 1 aliphatic heterocycles. The smallest absolute Gasteiger partial charge is 0.0789 e. The number of nitrogens with zero attached hydrogens (tertiary/aromatic N) is 1. The van der Waals surface area contributed by atoms with E-state index in [1.807, 2.05) is 19.2 Å². The molecule has 0 aromatic rings. The van der Waals surface area contributed by atoms with Gasteiger partial charge in [0.25, 0.3) is 0 Å². The third-order valence-corrected chi connectivity index (χ3v) is 1.82. The minimum Gasteiger partial charge on any atom is -0.253 e. The van der Waals surface area contributed by atoms with Gasteiger partial charge in [0, 0.05) is 6.21 Å². The van der Waals surface area contributed by atoms with Crippen LogP contribution in [0.15, 0.2) is 34.1 Å². The molecule has 0 aromatic heterocycles. The summed E-state index contributed by atoms with van der Waals surface area (Å²) < 4.78 is 0. The third kappa shape index (κ3) is 2.21. The topological polar surface area (TPSA) is 12.4 Å². The summed E-state index contributed by atoms with van der Waals surface area (Å²) in [6, 6.07) is 0. The van der Waals surface area contributed by atoms with Crippen LogP contribution in [0.1, 0.15) is 27.7 Å². The Bertz CT molecular complexity index is 291. The standard InChI is InChI=1S/C11H15N/c1-9-6-5-7-10(8-12-9)11(2,3)4/h5,7-8H,1-4H3. The summed E-state index contributed by atoms with van der Waals surface area (Å²) >= 11 is 0. The predicted octanol–water partition coefficient (Wildman–Crippen LogP) is 3.10. The number of hydrogen-bond donors (Lipinski definition) is 0. The van der Waals surface area contributed by atoms with E-state index in [9.17, 15) is 0 Å². The molecule has 0 amide bonds. The molecular weight excluding hydrogens is 146 g/mol. The van der Waals surface area contributed by atoms with E-state index >= 15 is 0 Å². The van der Waals surface area contributed by atoms with Gasteiger partial charge in [0.2, 0.25) is 0 Å². The van der Waals surface area contributed by atoms with E-state index in [4.69, 9.17) is 0 Å². The van der Waals surface area contributed by atoms with Crippen LogP contribution in [0, 0.1) is 5.41 Å². The molecule has 0 saturated heterocycles. The number of allylic oxidation sites excluding steroid dienone is 3. The molecule has 1 heteroatoms. The van der Waals surface area contributed by atoms with Crippen molar-refractivity contribution in [2.45, 2.75) is 27.7 Å². The maximum Gasteiger partial charge on any atom is 0.0789 e. The van der Waals surface area contributed by atoms with Crippen LogP contribution in [-0.2, 0) is 0 Å². The fraction of sp³-hybridized carbons (Fsp3) is 0.455. The van der Waals surface area contributed by atoms with Crippen molar-refractivity contribution in [3.05, 3.63) is 29.2 Å². The highest BCUT2D eigenvalue weighted by molar-refractivity contribution is 5.81. The fourth-order valence-electron chi connectivity index (χ4n) is 0.942. The van der Waals surface area contributed by atoms with E-state index in [1.165, 1.54) is 5.57 Å². The molecule has 0 fully saturated rings. The zero-order valence-electron chi connectivity index (χ0n) is 8.18. The maximum atomic E-state index is 4.25. The van der Waals surface area contributed by atoms with Gasteiger partial charge in [-0.1, -0.05) is 26.5 Å². The summed E-state index contributed by atoms with van der Waals surface area (Å²) in [4.78, 5) is 4.25. The van der Waals surface area contributed by atoms with Crippen molar-refractivity contribution >= 4 is 6.21 Å². The zero-order valence-corrected chi connectivity index (χ0v) is 8.18. The van der Waals surface area contributed by atoms with Crippen LogP contribution in [-0.4, -0.2) is 6.21 Å². The first-order valence-corrected chi connectivity index (χ1v) is 4.18. The summed E-state index contributed by atoms with van der Waals surface area (Å²) in [5.74, 6) is 0. The summed E-state index contributed by atoms with van der Waals surface area (Å²) in [6.45, 7) is 8.49. The Morgan fingerprint density at radius 3 is 2.58 bits per heavy atom. The lowest BCUT2D eigenvalue weighted by atomic mass is 9.87. The largest absolute Gasteiger partial charge is 0.253 e. The van der Waals surface area contributed by atoms with E-state index in [0.29, 0.717) is 0 Å². The van der Waals surface area contributed by atoms with Crippen molar-refractivity contribution in [1.29, 1.82) is 0 Å². The second-order valence-corrected chi connectivity index (χ2v) is 4.03. The van der Waals surface area contributed by atoms with Crippen LogP contribution in [0.4, 0.5) is 0 Å². The Hall–Kier alpha value is -1.07. The summed E-state index contributed by atoms with van der Waals surface area (Å²) in [7, 11) is 0. The molecule has 1 aliphatic rings. The van der Waals surface area contributed by atoms with Crippen molar-refractivity contribution in [2.24, 2.45) is 10.4 Å². The molecule has 1 rings (SSSR count). The molecule has 0 aliphatic carbocycles. The number of rotatable bonds is 0. The molecule has 12 heavy (non-hydrogen) atoms. The number of aliphatic imine (C=N–C) groups is 1. The van der Waals surface area contributed by atoms with Crippen molar-refractivity contribution in [3.63, 3.8) is 0 Å². The SMILES string of the molecule is CC1=C=CC=C(C(C)(C)C)C=N1. The molecule has 0 unspecified atom stereocenters. The third-order valence-electron chi connectivity index (χ3n) is 1.82. The lowest BCUT2D eigenvalue weighted by Gasteiger charge is -2.18. The summed E-state index contributed by atoms with van der Waals surface area (Å²) in [5.41, 5.74) is 5.41. The monoisotopic (exact) mass is 161 g/mol. The quantitative estimate of drug-likeness (QED) is 0.484. The first-order chi connectivity index (χ1) is 5.50. The van der Waals surface area contributed by atoms with E-state index in [1.54, 1.807) is 0 Å². The zero-order chi connectivity index (χ0) is 9.19. The highest BCUT2D eigenvalue weighted by Crippen LogP contribution is 2.24. The normalized spacial score (nSPS) is 17.0. The molecule has 0 saturated carbocycles. The average Bonchev–Trinajstić information content (AvgIpc) is 2.11. The molecule has 1 heterocycles. The first kappa shape index (κ1) is 9.02. The molecule has 1 nitrogen and oxygen atoms in total. The van der Waals surface area contributed by atoms with Crippen LogP contribution in [0.25, 0.3) is 0 Å². The maximum absolute atomic E-state index is 4.25. The lowest BCUT2D eigenvalue weighted by molar-refractivity contribution is 0.527. The average molecular weight is 161 g/mol. The predicted molar refractivity (Wildman–Crippen MR) is 53.3 cm³/mol. The Balaban J connectivity index is 2.96. The Kier molecular flexibility index (Phi) is 2.35. The molecule has 0 aromatic carbocycles. The van der Waals surface area contributed by atoms with Gasteiger partial charge in [0.1, 0.15) is 0 Å². The van der Waals surface area contributed by atoms with E-state index in [2.05, 4.69) is 37.6 Å². The van der Waals surface area contributed by atoms with E-state index < -0.39 is 0 Å². The van der Waals surface area contributed by atoms with Crippen LogP contribution < -0.4 is 0 Å². The Labute approximate surface area is 74.2 Å². The molecule has 0 N–H and O–H groups in total. The Morgan fingerprint density at radius 2 is 2.00 bits per heavy atom. The number of hydrogen-bond acceptors (Lipinski definition) is 1. The van der Waals surface area contributed by atoms with Crippen LogP contribution in [0.2, 0.25) is 0 Å². The van der Waals surface area contributed by atoms with Gasteiger partial charge in [-0.3, -0.25) is 4.99 Å². The van der Waals surface area contributed by atoms with Crippen molar-refractivity contribution in [1.82, 2.24) is 0 Å². The minimum atomic E-state index is 0.173. The van der Waals surface area contributed by atoms with Gasteiger partial charge in [0.05, 0.1) is 5.70 Å². The van der Waals surface area contributed by atoms with E-state index in [-0.39, 0.29) is 5.41 Å². The van der Waals surface area contributed by atoms with Gasteiger partial charge < -0.3 is 0 Å². The van der Waals surface area contributed by atoms with Gasteiger partial charge in [-0.25, -0.2) is 0 Å². The molecule has 0 spiro atoms. The molecular formula is C11H15N. The first-order valence-electron chi connectivity index (χ1n) is 4.18. The second-order valence-electron chi connectivity index (χ2n) is 4.03. The molecule has 64 valence electrons. The highest BCUT2D eigenvalue weighted by atomic mass is 14.7.